The molecule has 16 heavy (non-hydrogen) atoms. The molecule has 0 atom stereocenters. The number of hydrogen-bond acceptors (Lipinski definition) is 3. The summed E-state index contributed by atoms with van der Waals surface area (Å²) in [4.78, 5) is 14.7. The number of hydrogen-bond donors (Lipinski definition) is 1. The van der Waals surface area contributed by atoms with Gasteiger partial charge in [-0.05, 0) is 29.4 Å². The molecule has 0 aromatic heterocycles. The fraction of sp³-hybridized carbons (Fsp3) is 0.417. The predicted molar refractivity (Wildman–Crippen MR) is 59.8 cm³/mol. The van der Waals surface area contributed by atoms with Gasteiger partial charge < -0.3 is 5.73 Å². The minimum atomic E-state index is -0.0580. The minimum Gasteiger partial charge on any atom is -0.324 e. The lowest BCUT2D eigenvalue weighted by Crippen LogP contribution is -2.13. The van der Waals surface area contributed by atoms with E-state index < -0.39 is 0 Å². The van der Waals surface area contributed by atoms with Gasteiger partial charge >= 0.3 is 0 Å². The third-order valence-electron chi connectivity index (χ3n) is 2.40. The third-order valence-corrected chi connectivity index (χ3v) is 2.40. The number of nitrogens with two attached hydrogens (primary N) is 1. The lowest BCUT2D eigenvalue weighted by Gasteiger charge is -2.02. The number of halogens is 1. The fourth-order valence-corrected chi connectivity index (χ4v) is 1.46. The summed E-state index contributed by atoms with van der Waals surface area (Å²) in [6.07, 6.45) is 2.43. The van der Waals surface area contributed by atoms with Crippen LogP contribution in [0.15, 0.2) is 24.3 Å². The maximum absolute atomic E-state index is 11.4. The van der Waals surface area contributed by atoms with E-state index >= 15 is 0 Å². The van der Waals surface area contributed by atoms with E-state index in [9.17, 15) is 9.32 Å². The molecule has 3 nitrogen and oxygen atoms in total. The van der Waals surface area contributed by atoms with Crippen LogP contribution in [0.4, 0.5) is 4.53 Å². The van der Waals surface area contributed by atoms with Crippen molar-refractivity contribution in [2.45, 2.75) is 19.3 Å². The standard InChI is InChI=1S/C12H16FNO2/c13-16-8-2-1-3-10-4-6-11(7-5-10)12(15)9-14/h4-7H,1-3,8-9,14H2. The number of carbonyl (C=O) groups is 1. The molecule has 1 aromatic rings. The van der Waals surface area contributed by atoms with Crippen molar-refractivity contribution in [3.05, 3.63) is 35.4 Å². The molecule has 2 N–H and O–H groups in total. The van der Waals surface area contributed by atoms with E-state index in [0.717, 1.165) is 18.4 Å². The Morgan fingerprint density at radius 2 is 1.94 bits per heavy atom. The number of aryl methyl sites for hydroxylation is 1. The summed E-state index contributed by atoms with van der Waals surface area (Å²) < 4.78 is 11.4. The molecule has 4 heteroatoms. The second-order valence-electron chi connectivity index (χ2n) is 3.59. The van der Waals surface area contributed by atoms with Gasteiger partial charge in [-0.3, -0.25) is 4.79 Å². The molecule has 0 unspecified atom stereocenters. The highest BCUT2D eigenvalue weighted by molar-refractivity contribution is 5.97. The van der Waals surface area contributed by atoms with Crippen molar-refractivity contribution in [2.24, 2.45) is 5.73 Å². The molecule has 0 aliphatic heterocycles. The average Bonchev–Trinajstić information content (AvgIpc) is 2.34. The minimum absolute atomic E-state index is 0.0349. The Morgan fingerprint density at radius 3 is 2.50 bits per heavy atom. The van der Waals surface area contributed by atoms with E-state index in [4.69, 9.17) is 5.73 Å². The highest BCUT2D eigenvalue weighted by atomic mass is 19.3. The second-order valence-corrected chi connectivity index (χ2v) is 3.59. The highest BCUT2D eigenvalue weighted by Crippen LogP contribution is 2.08. The summed E-state index contributed by atoms with van der Waals surface area (Å²) in [5.41, 5.74) is 7.03. The summed E-state index contributed by atoms with van der Waals surface area (Å²) in [6.45, 7) is 0.178. The van der Waals surface area contributed by atoms with E-state index in [1.54, 1.807) is 12.1 Å². The number of Topliss-reactive ketones (excluding diaryl/α,β-unsaturated/α-hetero) is 1. The lowest BCUT2D eigenvalue weighted by molar-refractivity contribution is -0.132. The van der Waals surface area contributed by atoms with Crippen molar-refractivity contribution in [3.8, 4) is 0 Å². The molecule has 0 heterocycles. The van der Waals surface area contributed by atoms with Crippen LogP contribution in [0.3, 0.4) is 0 Å². The maximum Gasteiger partial charge on any atom is 0.176 e. The maximum atomic E-state index is 11.4. The Bertz CT molecular complexity index is 324. The van der Waals surface area contributed by atoms with Crippen molar-refractivity contribution in [3.63, 3.8) is 0 Å². The van der Waals surface area contributed by atoms with Gasteiger partial charge in [-0.15, -0.1) is 0 Å². The van der Waals surface area contributed by atoms with Crippen molar-refractivity contribution in [2.75, 3.05) is 13.2 Å². The van der Waals surface area contributed by atoms with Crippen molar-refractivity contribution >= 4 is 5.78 Å². The van der Waals surface area contributed by atoms with Gasteiger partial charge in [0.2, 0.25) is 0 Å². The Balaban J connectivity index is 2.42. The van der Waals surface area contributed by atoms with Crippen molar-refractivity contribution < 1.29 is 14.3 Å². The van der Waals surface area contributed by atoms with Crippen LogP contribution in [0, 0.1) is 0 Å². The SMILES string of the molecule is NCC(=O)c1ccc(CCCCOF)cc1. The Hall–Kier alpha value is -1.26. The molecule has 0 bridgehead atoms. The van der Waals surface area contributed by atoms with Crippen LogP contribution in [0.2, 0.25) is 0 Å². The van der Waals surface area contributed by atoms with E-state index in [0.29, 0.717) is 12.0 Å². The van der Waals surface area contributed by atoms with E-state index in [1.165, 1.54) is 0 Å². The summed E-state index contributed by atoms with van der Waals surface area (Å²) >= 11 is 0. The zero-order chi connectivity index (χ0) is 11.8. The summed E-state index contributed by atoms with van der Waals surface area (Å²) in [5.74, 6) is -0.0580. The van der Waals surface area contributed by atoms with Gasteiger partial charge in [0.25, 0.3) is 0 Å². The Morgan fingerprint density at radius 1 is 1.25 bits per heavy atom. The first-order valence-corrected chi connectivity index (χ1v) is 5.33. The molecular formula is C12H16FNO2. The summed E-state index contributed by atoms with van der Waals surface area (Å²) in [6, 6.07) is 7.35. The quantitative estimate of drug-likeness (QED) is 0.570. The third kappa shape index (κ3) is 4.08. The molecule has 0 aliphatic carbocycles. The van der Waals surface area contributed by atoms with Crippen molar-refractivity contribution in [1.29, 1.82) is 0 Å². The van der Waals surface area contributed by atoms with Crippen LogP contribution in [-0.4, -0.2) is 18.9 Å². The topological polar surface area (TPSA) is 52.3 Å². The van der Waals surface area contributed by atoms with Gasteiger partial charge in [0.15, 0.2) is 5.78 Å². The van der Waals surface area contributed by atoms with E-state index in [-0.39, 0.29) is 18.9 Å². The van der Waals surface area contributed by atoms with Crippen LogP contribution >= 0.6 is 0 Å². The van der Waals surface area contributed by atoms with Gasteiger partial charge in [-0.2, -0.15) is 4.94 Å². The van der Waals surface area contributed by atoms with Gasteiger partial charge in [0.05, 0.1) is 13.2 Å². The first kappa shape index (κ1) is 12.8. The number of carbonyl (C=O) groups excluding carboxylic acids is 1. The first-order valence-electron chi connectivity index (χ1n) is 5.33. The molecule has 0 spiro atoms. The largest absolute Gasteiger partial charge is 0.324 e. The molecule has 1 aromatic carbocycles. The Kier molecular flexibility index (Phi) is 5.67. The number of benzene rings is 1. The summed E-state index contributed by atoms with van der Waals surface area (Å²) in [7, 11) is 0. The zero-order valence-electron chi connectivity index (χ0n) is 9.12. The molecule has 0 fully saturated rings. The first-order chi connectivity index (χ1) is 7.77. The molecule has 1 rings (SSSR count). The fourth-order valence-electron chi connectivity index (χ4n) is 1.46. The highest BCUT2D eigenvalue weighted by Gasteiger charge is 2.02. The van der Waals surface area contributed by atoms with Gasteiger partial charge in [-0.1, -0.05) is 24.3 Å². The van der Waals surface area contributed by atoms with Gasteiger partial charge in [0.1, 0.15) is 0 Å². The number of unbranched alkanes of at least 4 members (excludes halogenated alkanes) is 1. The van der Waals surface area contributed by atoms with Crippen LogP contribution in [0.5, 0.6) is 0 Å². The normalized spacial score (nSPS) is 10.4. The van der Waals surface area contributed by atoms with Crippen LogP contribution in [0.25, 0.3) is 0 Å². The van der Waals surface area contributed by atoms with Gasteiger partial charge in [0, 0.05) is 5.56 Å². The second kappa shape index (κ2) is 7.09. The van der Waals surface area contributed by atoms with Crippen LogP contribution < -0.4 is 5.73 Å². The lowest BCUT2D eigenvalue weighted by atomic mass is 10.0. The average molecular weight is 225 g/mol. The molecule has 0 aliphatic rings. The van der Waals surface area contributed by atoms with E-state index in [2.05, 4.69) is 4.94 Å². The summed E-state index contributed by atoms with van der Waals surface area (Å²) in [5, 5.41) is 0. The number of rotatable bonds is 7. The van der Waals surface area contributed by atoms with Crippen LogP contribution in [-0.2, 0) is 11.4 Å². The van der Waals surface area contributed by atoms with Crippen LogP contribution in [0.1, 0.15) is 28.8 Å². The molecule has 0 radical (unpaired) electrons. The molecular weight excluding hydrogens is 209 g/mol. The monoisotopic (exact) mass is 225 g/mol. The van der Waals surface area contributed by atoms with E-state index in [1.807, 2.05) is 12.1 Å². The zero-order valence-corrected chi connectivity index (χ0v) is 9.12. The molecule has 0 saturated carbocycles. The van der Waals surface area contributed by atoms with Gasteiger partial charge in [-0.25, -0.2) is 0 Å². The Labute approximate surface area is 94.3 Å². The predicted octanol–water partition coefficient (Wildman–Crippen LogP) is 2.05. The molecule has 0 amide bonds. The smallest absolute Gasteiger partial charge is 0.176 e. The number of ketones is 1. The molecule has 0 saturated heterocycles. The molecule has 88 valence electrons. The van der Waals surface area contributed by atoms with Crippen molar-refractivity contribution in [1.82, 2.24) is 0 Å².